The molecule has 1 heterocycles. The Labute approximate surface area is 129 Å². The standard InChI is InChI=1S/C14H14F3N3OS/c1-9(20-5-4-18-8-20)14(21)19-11-6-10(15)2-3-12(11)22-7-13(16)17/h2-6,8-9,13H,7H2,1H3,(H,19,21)/t9-/m1/s1. The van der Waals surface area contributed by atoms with Crippen molar-refractivity contribution < 1.29 is 18.0 Å². The highest BCUT2D eigenvalue weighted by molar-refractivity contribution is 7.99. The lowest BCUT2D eigenvalue weighted by Gasteiger charge is -2.15. The Kier molecular flexibility index (Phi) is 5.48. The van der Waals surface area contributed by atoms with Gasteiger partial charge in [0.25, 0.3) is 0 Å². The summed E-state index contributed by atoms with van der Waals surface area (Å²) in [6.45, 7) is 1.66. The third kappa shape index (κ3) is 4.27. The van der Waals surface area contributed by atoms with Crippen LogP contribution in [0.2, 0.25) is 0 Å². The number of aromatic nitrogens is 2. The number of alkyl halides is 2. The number of thioether (sulfide) groups is 1. The molecule has 4 nitrogen and oxygen atoms in total. The van der Waals surface area contributed by atoms with E-state index < -0.39 is 24.0 Å². The average Bonchev–Trinajstić information content (AvgIpc) is 2.99. The van der Waals surface area contributed by atoms with Crippen LogP contribution in [0.5, 0.6) is 0 Å². The second-order valence-corrected chi connectivity index (χ2v) is 5.58. The first kappa shape index (κ1) is 16.4. The molecule has 0 saturated heterocycles. The van der Waals surface area contributed by atoms with Crippen LogP contribution in [-0.2, 0) is 4.79 Å². The van der Waals surface area contributed by atoms with E-state index in [4.69, 9.17) is 0 Å². The summed E-state index contributed by atoms with van der Waals surface area (Å²) in [7, 11) is 0. The number of nitrogens with zero attached hydrogens (tertiary/aromatic N) is 2. The van der Waals surface area contributed by atoms with E-state index in [0.717, 1.165) is 17.8 Å². The maximum atomic E-state index is 13.3. The largest absolute Gasteiger partial charge is 0.325 e. The fourth-order valence-electron chi connectivity index (χ4n) is 1.75. The molecule has 1 N–H and O–H groups in total. The molecule has 0 unspecified atom stereocenters. The number of carbonyl (C=O) groups is 1. The summed E-state index contributed by atoms with van der Waals surface area (Å²) in [5.74, 6) is -1.36. The van der Waals surface area contributed by atoms with E-state index in [0.29, 0.717) is 4.90 Å². The average molecular weight is 329 g/mol. The minimum atomic E-state index is -2.48. The molecule has 2 rings (SSSR count). The first-order chi connectivity index (χ1) is 10.5. The third-order valence-corrected chi connectivity index (χ3v) is 4.00. The zero-order valence-electron chi connectivity index (χ0n) is 11.7. The Bertz CT molecular complexity index is 634. The normalized spacial score (nSPS) is 12.4. The van der Waals surface area contributed by atoms with Gasteiger partial charge in [-0.15, -0.1) is 11.8 Å². The number of amides is 1. The number of imidazole rings is 1. The van der Waals surface area contributed by atoms with E-state index in [1.165, 1.54) is 24.7 Å². The molecular weight excluding hydrogens is 315 g/mol. The van der Waals surface area contributed by atoms with Crippen LogP contribution in [-0.4, -0.2) is 27.6 Å². The lowest BCUT2D eigenvalue weighted by Crippen LogP contribution is -2.23. The molecule has 0 aliphatic carbocycles. The maximum Gasteiger partial charge on any atom is 0.247 e. The topological polar surface area (TPSA) is 46.9 Å². The number of halogens is 3. The Morgan fingerprint density at radius 2 is 2.23 bits per heavy atom. The molecule has 8 heteroatoms. The fraction of sp³-hybridized carbons (Fsp3) is 0.286. The molecule has 118 valence electrons. The summed E-state index contributed by atoms with van der Waals surface area (Å²) < 4.78 is 39.6. The number of rotatable bonds is 6. The van der Waals surface area contributed by atoms with Gasteiger partial charge in [-0.1, -0.05) is 0 Å². The van der Waals surface area contributed by atoms with Gasteiger partial charge in [0.15, 0.2) is 0 Å². The summed E-state index contributed by atoms with van der Waals surface area (Å²) in [4.78, 5) is 16.4. The number of benzene rings is 1. The molecule has 0 bridgehead atoms. The van der Waals surface area contributed by atoms with Crippen LogP contribution in [0.3, 0.4) is 0 Å². The van der Waals surface area contributed by atoms with Gasteiger partial charge in [-0.2, -0.15) is 0 Å². The zero-order valence-corrected chi connectivity index (χ0v) is 12.5. The van der Waals surface area contributed by atoms with Crippen molar-refractivity contribution in [2.24, 2.45) is 0 Å². The number of anilines is 1. The summed E-state index contributed by atoms with van der Waals surface area (Å²) in [6, 6.07) is 3.10. The van der Waals surface area contributed by atoms with Gasteiger partial charge in [-0.05, 0) is 25.1 Å². The molecule has 1 atom stereocenters. The molecule has 2 aromatic rings. The number of hydrogen-bond donors (Lipinski definition) is 1. The van der Waals surface area contributed by atoms with Crippen molar-refractivity contribution in [2.45, 2.75) is 24.3 Å². The second-order valence-electron chi connectivity index (χ2n) is 4.52. The smallest absolute Gasteiger partial charge is 0.247 e. The highest BCUT2D eigenvalue weighted by Gasteiger charge is 2.17. The molecule has 1 aromatic heterocycles. The van der Waals surface area contributed by atoms with E-state index in [9.17, 15) is 18.0 Å². The van der Waals surface area contributed by atoms with Crippen molar-refractivity contribution in [3.63, 3.8) is 0 Å². The van der Waals surface area contributed by atoms with Crippen LogP contribution < -0.4 is 5.32 Å². The minimum Gasteiger partial charge on any atom is -0.325 e. The maximum absolute atomic E-state index is 13.3. The number of hydrogen-bond acceptors (Lipinski definition) is 3. The van der Waals surface area contributed by atoms with Gasteiger partial charge in [0.2, 0.25) is 12.3 Å². The quantitative estimate of drug-likeness (QED) is 0.824. The molecular formula is C14H14F3N3OS. The van der Waals surface area contributed by atoms with Gasteiger partial charge < -0.3 is 9.88 Å². The second kappa shape index (κ2) is 7.35. The van der Waals surface area contributed by atoms with E-state index in [1.807, 2.05) is 0 Å². The van der Waals surface area contributed by atoms with E-state index in [1.54, 1.807) is 17.7 Å². The van der Waals surface area contributed by atoms with Crippen molar-refractivity contribution >= 4 is 23.4 Å². The van der Waals surface area contributed by atoms with Crippen LogP contribution in [0.25, 0.3) is 0 Å². The summed E-state index contributed by atoms with van der Waals surface area (Å²) in [5.41, 5.74) is 0.183. The Hall–Kier alpha value is -1.96. The van der Waals surface area contributed by atoms with Gasteiger partial charge in [0.1, 0.15) is 11.9 Å². The summed E-state index contributed by atoms with van der Waals surface area (Å²) >= 11 is 0.864. The van der Waals surface area contributed by atoms with Gasteiger partial charge in [-0.3, -0.25) is 4.79 Å². The SMILES string of the molecule is C[C@H](C(=O)Nc1cc(F)ccc1SCC(F)F)n1ccnc1. The predicted molar refractivity (Wildman–Crippen MR) is 78.7 cm³/mol. The predicted octanol–water partition coefficient (Wildman–Crippen LogP) is 3.58. The van der Waals surface area contributed by atoms with E-state index in [2.05, 4.69) is 10.3 Å². The van der Waals surface area contributed by atoms with Crippen molar-refractivity contribution in [2.75, 3.05) is 11.1 Å². The molecule has 22 heavy (non-hydrogen) atoms. The lowest BCUT2D eigenvalue weighted by atomic mass is 10.2. The highest BCUT2D eigenvalue weighted by Crippen LogP contribution is 2.29. The molecule has 1 aromatic carbocycles. The summed E-state index contributed by atoms with van der Waals surface area (Å²) in [5, 5.41) is 2.57. The van der Waals surface area contributed by atoms with Gasteiger partial charge in [-0.25, -0.2) is 18.2 Å². The molecule has 0 radical (unpaired) electrons. The van der Waals surface area contributed by atoms with Crippen molar-refractivity contribution in [1.29, 1.82) is 0 Å². The van der Waals surface area contributed by atoms with Crippen molar-refractivity contribution in [1.82, 2.24) is 9.55 Å². The van der Waals surface area contributed by atoms with Gasteiger partial charge in [0.05, 0.1) is 17.8 Å². The number of carbonyl (C=O) groups excluding carboxylic acids is 1. The zero-order chi connectivity index (χ0) is 16.1. The van der Waals surface area contributed by atoms with Gasteiger partial charge >= 0.3 is 0 Å². The molecule has 0 aliphatic rings. The fourth-order valence-corrected chi connectivity index (χ4v) is 2.48. The molecule has 0 spiro atoms. The Morgan fingerprint density at radius 1 is 1.45 bits per heavy atom. The Morgan fingerprint density at radius 3 is 2.86 bits per heavy atom. The summed E-state index contributed by atoms with van der Waals surface area (Å²) in [6.07, 6.45) is 2.17. The molecule has 0 saturated carbocycles. The van der Waals surface area contributed by atoms with Crippen molar-refractivity contribution in [3.05, 3.63) is 42.7 Å². The molecule has 1 amide bonds. The van der Waals surface area contributed by atoms with Crippen LogP contribution in [0.4, 0.5) is 18.9 Å². The molecule has 0 aliphatic heterocycles. The Balaban J connectivity index is 2.13. The van der Waals surface area contributed by atoms with Crippen LogP contribution in [0, 0.1) is 5.82 Å². The molecule has 0 fully saturated rings. The van der Waals surface area contributed by atoms with Crippen LogP contribution in [0.15, 0.2) is 41.8 Å². The minimum absolute atomic E-state index is 0.183. The van der Waals surface area contributed by atoms with Crippen LogP contribution in [0.1, 0.15) is 13.0 Å². The van der Waals surface area contributed by atoms with Crippen molar-refractivity contribution in [3.8, 4) is 0 Å². The van der Waals surface area contributed by atoms with E-state index >= 15 is 0 Å². The lowest BCUT2D eigenvalue weighted by molar-refractivity contribution is -0.118. The van der Waals surface area contributed by atoms with E-state index in [-0.39, 0.29) is 11.6 Å². The number of nitrogens with one attached hydrogen (secondary N) is 1. The first-order valence-electron chi connectivity index (χ1n) is 6.46. The first-order valence-corrected chi connectivity index (χ1v) is 7.44. The third-order valence-electron chi connectivity index (χ3n) is 2.92. The monoisotopic (exact) mass is 329 g/mol. The van der Waals surface area contributed by atoms with Crippen LogP contribution >= 0.6 is 11.8 Å². The highest BCUT2D eigenvalue weighted by atomic mass is 32.2. The van der Waals surface area contributed by atoms with Gasteiger partial charge in [0, 0.05) is 17.3 Å².